The molecule has 0 spiro atoms. The molecule has 0 unspecified atom stereocenters. The zero-order valence-electron chi connectivity index (χ0n) is 13.3. The number of benzene rings is 2. The molecule has 0 aliphatic heterocycles. The van der Waals surface area contributed by atoms with E-state index in [1.54, 1.807) is 11.8 Å². The molecule has 122 valence electrons. The highest BCUT2D eigenvalue weighted by Crippen LogP contribution is 2.28. The van der Waals surface area contributed by atoms with E-state index < -0.39 is 0 Å². The van der Waals surface area contributed by atoms with Crippen molar-refractivity contribution in [2.45, 2.75) is 29.6 Å². The number of nitrogens with two attached hydrogens (primary N) is 1. The summed E-state index contributed by atoms with van der Waals surface area (Å²) in [5.74, 6) is -0.0139. The lowest BCUT2D eigenvalue weighted by Crippen LogP contribution is -2.28. The summed E-state index contributed by atoms with van der Waals surface area (Å²) in [4.78, 5) is 14.0. The topological polar surface area (TPSA) is 67.2 Å². The molecule has 1 amide bonds. The van der Waals surface area contributed by atoms with E-state index in [0.717, 1.165) is 40.6 Å². The highest BCUT2D eigenvalue weighted by Gasteiger charge is 2.02. The van der Waals surface area contributed by atoms with Crippen LogP contribution in [0, 0.1) is 0 Å². The van der Waals surface area contributed by atoms with Gasteiger partial charge in [0, 0.05) is 21.2 Å². The van der Waals surface area contributed by atoms with Gasteiger partial charge in [-0.25, -0.2) is 0 Å². The lowest BCUT2D eigenvalue weighted by molar-refractivity contribution is -0.115. The van der Waals surface area contributed by atoms with Crippen molar-refractivity contribution in [3.05, 3.63) is 48.5 Å². The summed E-state index contributed by atoms with van der Waals surface area (Å²) in [7, 11) is 0. The molecule has 0 atom stereocenters. The van der Waals surface area contributed by atoms with Crippen molar-refractivity contribution in [1.29, 1.82) is 0 Å². The van der Waals surface area contributed by atoms with Gasteiger partial charge >= 0.3 is 0 Å². The van der Waals surface area contributed by atoms with Crippen LogP contribution in [0.4, 0.5) is 11.4 Å². The van der Waals surface area contributed by atoms with E-state index >= 15 is 0 Å². The molecule has 5 heteroatoms. The highest BCUT2D eigenvalue weighted by atomic mass is 32.2. The van der Waals surface area contributed by atoms with Crippen LogP contribution in [0.1, 0.15) is 19.8 Å². The zero-order chi connectivity index (χ0) is 16.5. The molecule has 0 saturated heterocycles. The fourth-order valence-corrected chi connectivity index (χ4v) is 2.80. The molecule has 2 rings (SSSR count). The second-order valence-corrected chi connectivity index (χ2v) is 6.42. The summed E-state index contributed by atoms with van der Waals surface area (Å²) in [6, 6.07) is 15.6. The molecule has 2 aromatic rings. The lowest BCUT2D eigenvalue weighted by atomic mass is 10.3. The fourth-order valence-electron chi connectivity index (χ4n) is 1.99. The van der Waals surface area contributed by atoms with E-state index in [1.807, 2.05) is 48.5 Å². The number of carbonyl (C=O) groups excluding carboxylic acids is 1. The Morgan fingerprint density at radius 3 is 2.26 bits per heavy atom. The van der Waals surface area contributed by atoms with Crippen LogP contribution in [0.15, 0.2) is 58.3 Å². The van der Waals surface area contributed by atoms with Gasteiger partial charge in [-0.15, -0.1) is 0 Å². The Labute approximate surface area is 141 Å². The van der Waals surface area contributed by atoms with Gasteiger partial charge in [0.1, 0.15) is 0 Å². The minimum absolute atomic E-state index is 0.0139. The monoisotopic (exact) mass is 329 g/mol. The predicted molar refractivity (Wildman–Crippen MR) is 97.8 cm³/mol. The van der Waals surface area contributed by atoms with Gasteiger partial charge < -0.3 is 16.4 Å². The van der Waals surface area contributed by atoms with Crippen molar-refractivity contribution >= 4 is 29.0 Å². The summed E-state index contributed by atoms with van der Waals surface area (Å²) >= 11 is 1.66. The van der Waals surface area contributed by atoms with Crippen LogP contribution in [0.3, 0.4) is 0 Å². The number of carbonyl (C=O) groups is 1. The molecule has 23 heavy (non-hydrogen) atoms. The number of hydrogen-bond donors (Lipinski definition) is 3. The van der Waals surface area contributed by atoms with Gasteiger partial charge in [0.05, 0.1) is 6.54 Å². The minimum atomic E-state index is -0.0139. The first-order valence-corrected chi connectivity index (χ1v) is 8.63. The first-order chi connectivity index (χ1) is 11.2. The molecule has 0 radical (unpaired) electrons. The molecule has 0 aliphatic rings. The molecular weight excluding hydrogens is 306 g/mol. The molecule has 0 heterocycles. The molecule has 0 aromatic heterocycles. The van der Waals surface area contributed by atoms with Crippen LogP contribution in [-0.4, -0.2) is 19.0 Å². The maximum atomic E-state index is 11.8. The molecule has 0 fully saturated rings. The second kappa shape index (κ2) is 9.22. The van der Waals surface area contributed by atoms with Crippen molar-refractivity contribution in [3.63, 3.8) is 0 Å². The summed E-state index contributed by atoms with van der Waals surface area (Å²) in [5, 5.41) is 6.02. The summed E-state index contributed by atoms with van der Waals surface area (Å²) in [6.45, 7) is 3.36. The SMILES string of the molecule is CCCCNCC(=O)Nc1ccc(Sc2ccc(N)cc2)cc1. The average molecular weight is 329 g/mol. The van der Waals surface area contributed by atoms with E-state index in [-0.39, 0.29) is 5.91 Å². The molecular formula is C18H23N3OS. The Morgan fingerprint density at radius 1 is 1.04 bits per heavy atom. The second-order valence-electron chi connectivity index (χ2n) is 5.27. The van der Waals surface area contributed by atoms with Gasteiger partial charge in [-0.3, -0.25) is 4.79 Å². The third-order valence-corrected chi connectivity index (χ3v) is 4.26. The van der Waals surface area contributed by atoms with E-state index in [0.29, 0.717) is 6.54 Å². The van der Waals surface area contributed by atoms with Gasteiger partial charge in [-0.2, -0.15) is 0 Å². The van der Waals surface area contributed by atoms with Gasteiger partial charge in [-0.1, -0.05) is 25.1 Å². The fraction of sp³-hybridized carbons (Fsp3) is 0.278. The Bertz CT molecular complexity index is 611. The molecule has 0 bridgehead atoms. The number of hydrogen-bond acceptors (Lipinski definition) is 4. The minimum Gasteiger partial charge on any atom is -0.399 e. The Kier molecular flexibility index (Phi) is 6.97. The number of nitrogen functional groups attached to an aromatic ring is 1. The van der Waals surface area contributed by atoms with Gasteiger partial charge in [-0.05, 0) is 61.5 Å². The van der Waals surface area contributed by atoms with Gasteiger partial charge in [0.2, 0.25) is 5.91 Å². The number of amides is 1. The third kappa shape index (κ3) is 6.34. The van der Waals surface area contributed by atoms with Crippen LogP contribution in [0.5, 0.6) is 0 Å². The summed E-state index contributed by atoms with van der Waals surface area (Å²) in [6.07, 6.45) is 2.21. The van der Waals surface area contributed by atoms with E-state index in [2.05, 4.69) is 17.6 Å². The first kappa shape index (κ1) is 17.4. The van der Waals surface area contributed by atoms with Crippen molar-refractivity contribution in [2.24, 2.45) is 0 Å². The number of unbranched alkanes of at least 4 members (excludes halogenated alkanes) is 1. The van der Waals surface area contributed by atoms with Crippen LogP contribution < -0.4 is 16.4 Å². The number of rotatable bonds is 8. The smallest absolute Gasteiger partial charge is 0.238 e. The van der Waals surface area contributed by atoms with Crippen molar-refractivity contribution in [1.82, 2.24) is 5.32 Å². The molecule has 4 N–H and O–H groups in total. The first-order valence-electron chi connectivity index (χ1n) is 7.81. The largest absolute Gasteiger partial charge is 0.399 e. The van der Waals surface area contributed by atoms with Crippen LogP contribution in [-0.2, 0) is 4.79 Å². The highest BCUT2D eigenvalue weighted by molar-refractivity contribution is 7.99. The van der Waals surface area contributed by atoms with Crippen molar-refractivity contribution in [2.75, 3.05) is 24.1 Å². The Morgan fingerprint density at radius 2 is 1.65 bits per heavy atom. The Hall–Kier alpha value is -1.98. The normalized spacial score (nSPS) is 10.5. The van der Waals surface area contributed by atoms with Crippen LogP contribution in [0.2, 0.25) is 0 Å². The van der Waals surface area contributed by atoms with E-state index in [9.17, 15) is 4.79 Å². The zero-order valence-corrected chi connectivity index (χ0v) is 14.2. The maximum Gasteiger partial charge on any atom is 0.238 e. The third-order valence-electron chi connectivity index (χ3n) is 3.25. The molecule has 0 saturated carbocycles. The quantitative estimate of drug-likeness (QED) is 0.510. The predicted octanol–water partition coefficient (Wildman–Crippen LogP) is 3.75. The van der Waals surface area contributed by atoms with Crippen LogP contribution >= 0.6 is 11.8 Å². The van der Waals surface area contributed by atoms with Gasteiger partial charge in [0.15, 0.2) is 0 Å². The van der Waals surface area contributed by atoms with E-state index in [1.165, 1.54) is 0 Å². The number of nitrogens with one attached hydrogen (secondary N) is 2. The lowest BCUT2D eigenvalue weighted by Gasteiger charge is -2.07. The van der Waals surface area contributed by atoms with E-state index in [4.69, 9.17) is 5.73 Å². The van der Waals surface area contributed by atoms with Gasteiger partial charge in [0.25, 0.3) is 0 Å². The molecule has 0 aliphatic carbocycles. The maximum absolute atomic E-state index is 11.8. The molecule has 4 nitrogen and oxygen atoms in total. The number of anilines is 2. The molecule has 2 aromatic carbocycles. The van der Waals surface area contributed by atoms with Crippen molar-refractivity contribution in [3.8, 4) is 0 Å². The standard InChI is InChI=1S/C18H23N3OS/c1-2-3-12-20-13-18(22)21-15-6-10-17(11-7-15)23-16-8-4-14(19)5-9-16/h4-11,20H,2-3,12-13,19H2,1H3,(H,21,22). The summed E-state index contributed by atoms with van der Waals surface area (Å²) < 4.78 is 0. The average Bonchev–Trinajstić information content (AvgIpc) is 2.56. The Balaban J connectivity index is 1.82. The summed E-state index contributed by atoms with van der Waals surface area (Å²) in [5.41, 5.74) is 7.26. The van der Waals surface area contributed by atoms with Crippen molar-refractivity contribution < 1.29 is 4.79 Å². The van der Waals surface area contributed by atoms with Crippen LogP contribution in [0.25, 0.3) is 0 Å².